The number of nitrogens with zero attached hydrogens (tertiary/aromatic N) is 1. The lowest BCUT2D eigenvalue weighted by Gasteiger charge is -2.03. The molecular weight excluding hydrogens is 252 g/mol. The second kappa shape index (κ2) is 3.84. The van der Waals surface area contributed by atoms with E-state index in [0.717, 1.165) is 11.3 Å². The van der Waals surface area contributed by atoms with Crippen LogP contribution in [0, 0.1) is 10.8 Å². The summed E-state index contributed by atoms with van der Waals surface area (Å²) in [5, 5.41) is 0. The van der Waals surface area contributed by atoms with E-state index < -0.39 is 0 Å². The van der Waals surface area contributed by atoms with Gasteiger partial charge in [0.15, 0.2) is 0 Å². The number of ether oxygens (including phenoxy) is 1. The Kier molecular flexibility index (Phi) is 2.53. The number of fused-ring (bicyclic) bond motifs is 1. The maximum Gasteiger partial charge on any atom is 0.340 e. The van der Waals surface area contributed by atoms with Crippen molar-refractivity contribution in [2.75, 3.05) is 7.11 Å². The van der Waals surface area contributed by atoms with E-state index in [2.05, 4.69) is 37.7 Å². The molecule has 1 aliphatic rings. The number of carbonyl (C=O) groups is 1. The van der Waals surface area contributed by atoms with Gasteiger partial charge < -0.3 is 9.72 Å². The molecule has 2 aromatic rings. The summed E-state index contributed by atoms with van der Waals surface area (Å²) in [6, 6.07) is 5.54. The second-order valence-corrected chi connectivity index (χ2v) is 6.69. The van der Waals surface area contributed by atoms with Gasteiger partial charge in [0.1, 0.15) is 11.3 Å². The molecule has 106 valence electrons. The molecule has 0 amide bonds. The molecule has 20 heavy (non-hydrogen) atoms. The summed E-state index contributed by atoms with van der Waals surface area (Å²) in [5.74, 6) is 1.00. The number of benzene rings is 1. The lowest BCUT2D eigenvalue weighted by atomic mass is 10.0. The molecule has 1 aromatic heterocycles. The highest BCUT2D eigenvalue weighted by Gasteiger charge is 2.66. The van der Waals surface area contributed by atoms with Crippen molar-refractivity contribution in [2.24, 2.45) is 10.8 Å². The van der Waals surface area contributed by atoms with Crippen molar-refractivity contribution in [2.45, 2.75) is 33.6 Å². The largest absolute Gasteiger partial charge is 0.465 e. The number of esters is 1. The Morgan fingerprint density at radius 1 is 1.25 bits per heavy atom. The standard InChI is InChI=1S/C16H20N2O2/c1-15(2)12(16(15,3)4)13-17-10-8-6-7-9(11(10)18-13)14(19)20-5/h6-8,12H,1-5H3,(H,17,18). The van der Waals surface area contributed by atoms with Gasteiger partial charge in [-0.1, -0.05) is 33.8 Å². The van der Waals surface area contributed by atoms with Crippen molar-refractivity contribution in [3.05, 3.63) is 29.6 Å². The Bertz CT molecular complexity index is 684. The molecule has 0 unspecified atom stereocenters. The van der Waals surface area contributed by atoms with E-state index in [0.29, 0.717) is 17.0 Å². The smallest absolute Gasteiger partial charge is 0.340 e. The van der Waals surface area contributed by atoms with Gasteiger partial charge in [-0.25, -0.2) is 9.78 Å². The Balaban J connectivity index is 2.11. The van der Waals surface area contributed by atoms with Gasteiger partial charge in [-0.3, -0.25) is 0 Å². The molecule has 1 aliphatic carbocycles. The zero-order valence-electron chi connectivity index (χ0n) is 12.6. The van der Waals surface area contributed by atoms with E-state index in [4.69, 9.17) is 4.74 Å². The Hall–Kier alpha value is -1.84. The molecule has 4 heteroatoms. The van der Waals surface area contributed by atoms with Crippen LogP contribution in [0.15, 0.2) is 18.2 Å². The number of rotatable bonds is 2. The van der Waals surface area contributed by atoms with Crippen LogP contribution in [0.5, 0.6) is 0 Å². The highest BCUT2D eigenvalue weighted by atomic mass is 16.5. The van der Waals surface area contributed by atoms with Crippen molar-refractivity contribution in [1.29, 1.82) is 0 Å². The summed E-state index contributed by atoms with van der Waals surface area (Å²) >= 11 is 0. The van der Waals surface area contributed by atoms with Gasteiger partial charge >= 0.3 is 5.97 Å². The third kappa shape index (κ3) is 1.54. The Labute approximate surface area is 118 Å². The average Bonchev–Trinajstić information content (AvgIpc) is 2.71. The minimum Gasteiger partial charge on any atom is -0.465 e. The summed E-state index contributed by atoms with van der Waals surface area (Å²) in [5.41, 5.74) is 2.54. The van der Waals surface area contributed by atoms with Crippen molar-refractivity contribution in [1.82, 2.24) is 9.97 Å². The number of carbonyl (C=O) groups excluding carboxylic acids is 1. The first-order valence-electron chi connectivity index (χ1n) is 6.87. The molecule has 0 bridgehead atoms. The third-order valence-electron chi connectivity index (χ3n) is 5.23. The van der Waals surface area contributed by atoms with E-state index in [9.17, 15) is 4.79 Å². The minimum atomic E-state index is -0.344. The normalized spacial score (nSPS) is 20.1. The molecule has 0 spiro atoms. The molecule has 1 fully saturated rings. The van der Waals surface area contributed by atoms with Crippen molar-refractivity contribution >= 4 is 17.0 Å². The number of para-hydroxylation sites is 1. The van der Waals surface area contributed by atoms with Crippen LogP contribution in [-0.2, 0) is 4.74 Å². The van der Waals surface area contributed by atoms with Gasteiger partial charge in [0, 0.05) is 5.92 Å². The van der Waals surface area contributed by atoms with Crippen LogP contribution in [0.25, 0.3) is 11.0 Å². The Morgan fingerprint density at radius 2 is 1.90 bits per heavy atom. The first kappa shape index (κ1) is 13.2. The lowest BCUT2D eigenvalue weighted by molar-refractivity contribution is 0.0603. The number of nitrogens with one attached hydrogen (secondary N) is 1. The van der Waals surface area contributed by atoms with Gasteiger partial charge in [-0.15, -0.1) is 0 Å². The first-order chi connectivity index (χ1) is 9.30. The summed E-state index contributed by atoms with van der Waals surface area (Å²) in [7, 11) is 1.39. The number of aromatic nitrogens is 2. The molecule has 0 saturated heterocycles. The fraction of sp³-hybridized carbons (Fsp3) is 0.500. The van der Waals surface area contributed by atoms with Crippen LogP contribution < -0.4 is 0 Å². The van der Waals surface area contributed by atoms with Crippen LogP contribution >= 0.6 is 0 Å². The monoisotopic (exact) mass is 272 g/mol. The molecule has 3 rings (SSSR count). The number of H-pyrrole nitrogens is 1. The number of hydrogen-bond acceptors (Lipinski definition) is 3. The van der Waals surface area contributed by atoms with Crippen molar-refractivity contribution in [3.63, 3.8) is 0 Å². The number of methoxy groups -OCH3 is 1. The fourth-order valence-corrected chi connectivity index (χ4v) is 3.34. The summed E-state index contributed by atoms with van der Waals surface area (Å²) < 4.78 is 4.82. The Morgan fingerprint density at radius 3 is 2.45 bits per heavy atom. The molecule has 1 aromatic carbocycles. The van der Waals surface area contributed by atoms with Crippen LogP contribution in [0.4, 0.5) is 0 Å². The topological polar surface area (TPSA) is 55.0 Å². The zero-order valence-corrected chi connectivity index (χ0v) is 12.6. The maximum absolute atomic E-state index is 11.8. The highest BCUT2D eigenvalue weighted by Crippen LogP contribution is 2.73. The molecule has 0 radical (unpaired) electrons. The van der Waals surface area contributed by atoms with E-state index in [-0.39, 0.29) is 16.8 Å². The van der Waals surface area contributed by atoms with Crippen LogP contribution in [-0.4, -0.2) is 23.0 Å². The van der Waals surface area contributed by atoms with Crippen molar-refractivity contribution in [3.8, 4) is 0 Å². The lowest BCUT2D eigenvalue weighted by Crippen LogP contribution is -2.01. The van der Waals surface area contributed by atoms with Crippen LogP contribution in [0.1, 0.15) is 49.8 Å². The van der Waals surface area contributed by atoms with Gasteiger partial charge in [-0.2, -0.15) is 0 Å². The van der Waals surface area contributed by atoms with Gasteiger partial charge in [0.2, 0.25) is 0 Å². The summed E-state index contributed by atoms with van der Waals surface area (Å²) in [6.07, 6.45) is 0. The fourth-order valence-electron chi connectivity index (χ4n) is 3.34. The van der Waals surface area contributed by atoms with Crippen LogP contribution in [0.3, 0.4) is 0 Å². The van der Waals surface area contributed by atoms with E-state index in [1.807, 2.05) is 12.1 Å². The summed E-state index contributed by atoms with van der Waals surface area (Å²) in [4.78, 5) is 19.8. The predicted octanol–water partition coefficient (Wildman–Crippen LogP) is 3.50. The molecule has 1 heterocycles. The predicted molar refractivity (Wildman–Crippen MR) is 77.7 cm³/mol. The molecular formula is C16H20N2O2. The zero-order chi connectivity index (χ0) is 14.7. The number of aromatic amines is 1. The second-order valence-electron chi connectivity index (χ2n) is 6.69. The minimum absolute atomic E-state index is 0.215. The third-order valence-corrected chi connectivity index (χ3v) is 5.23. The summed E-state index contributed by atoms with van der Waals surface area (Å²) in [6.45, 7) is 9.02. The quantitative estimate of drug-likeness (QED) is 0.851. The molecule has 1 N–H and O–H groups in total. The molecule has 4 nitrogen and oxygen atoms in total. The van der Waals surface area contributed by atoms with E-state index in [1.54, 1.807) is 6.07 Å². The van der Waals surface area contributed by atoms with Crippen LogP contribution in [0.2, 0.25) is 0 Å². The van der Waals surface area contributed by atoms with Crippen molar-refractivity contribution < 1.29 is 9.53 Å². The number of hydrogen-bond donors (Lipinski definition) is 1. The molecule has 1 saturated carbocycles. The van der Waals surface area contributed by atoms with Gasteiger partial charge in [0.05, 0.1) is 18.2 Å². The first-order valence-corrected chi connectivity index (χ1v) is 6.87. The van der Waals surface area contributed by atoms with Gasteiger partial charge in [0.25, 0.3) is 0 Å². The van der Waals surface area contributed by atoms with E-state index >= 15 is 0 Å². The molecule has 0 atom stereocenters. The maximum atomic E-state index is 11.8. The van der Waals surface area contributed by atoms with E-state index in [1.165, 1.54) is 7.11 Å². The van der Waals surface area contributed by atoms with Gasteiger partial charge in [-0.05, 0) is 23.0 Å². The average molecular weight is 272 g/mol. The molecule has 0 aliphatic heterocycles. The number of imidazole rings is 1. The SMILES string of the molecule is COC(=O)c1cccc2[nH]c(C3C(C)(C)C3(C)C)nc12. The highest BCUT2D eigenvalue weighted by molar-refractivity contribution is 6.01.